The first-order valence-corrected chi connectivity index (χ1v) is 11.2. The maximum Gasteiger partial charge on any atom is 0.423 e. The molecule has 7 nitrogen and oxygen atoms in total. The summed E-state index contributed by atoms with van der Waals surface area (Å²) >= 11 is 1.25. The van der Waals surface area contributed by atoms with Crippen LogP contribution in [-0.4, -0.2) is 32.0 Å². The van der Waals surface area contributed by atoms with Crippen molar-refractivity contribution in [1.82, 2.24) is 19.7 Å². The van der Waals surface area contributed by atoms with E-state index < -0.39 is 53.1 Å². The zero-order valence-corrected chi connectivity index (χ0v) is 18.9. The Bertz CT molecular complexity index is 1470. The van der Waals surface area contributed by atoms with Crippen molar-refractivity contribution in [3.8, 4) is 10.6 Å². The van der Waals surface area contributed by atoms with Crippen LogP contribution in [0.3, 0.4) is 0 Å². The van der Waals surface area contributed by atoms with Gasteiger partial charge in [-0.2, -0.15) is 18.3 Å². The fourth-order valence-corrected chi connectivity index (χ4v) is 4.41. The highest BCUT2D eigenvalue weighted by atomic mass is 32.1. The summed E-state index contributed by atoms with van der Waals surface area (Å²) in [5.74, 6) is -0.635. The molecule has 4 aromatic rings. The number of aromatic nitrogens is 4. The van der Waals surface area contributed by atoms with Crippen LogP contribution in [0.4, 0.5) is 27.6 Å². The van der Waals surface area contributed by atoms with E-state index in [0.29, 0.717) is 10.4 Å². The molecule has 3 aromatic heterocycles. The maximum atomic E-state index is 14.8. The van der Waals surface area contributed by atoms with Gasteiger partial charge in [-0.05, 0) is 30.5 Å². The lowest BCUT2D eigenvalue weighted by molar-refractivity contribution is -0.138. The lowest BCUT2D eigenvalue weighted by Gasteiger charge is -2.20. The molecule has 2 N–H and O–H groups in total. The lowest BCUT2D eigenvalue weighted by Crippen LogP contribution is -2.30. The number of rotatable bonds is 7. The molecular formula is C22H18F5N5O2S. The van der Waals surface area contributed by atoms with Crippen molar-refractivity contribution in [1.29, 1.82) is 0 Å². The molecule has 35 heavy (non-hydrogen) atoms. The molecule has 0 bridgehead atoms. The summed E-state index contributed by atoms with van der Waals surface area (Å²) in [5.41, 5.74) is -3.80. The van der Waals surface area contributed by atoms with Crippen molar-refractivity contribution in [2.45, 2.75) is 38.3 Å². The Labute approximate surface area is 198 Å². The van der Waals surface area contributed by atoms with Crippen molar-refractivity contribution in [2.75, 3.05) is 5.32 Å². The van der Waals surface area contributed by atoms with Crippen molar-refractivity contribution in [2.24, 2.45) is 0 Å². The summed E-state index contributed by atoms with van der Waals surface area (Å²) in [5, 5.41) is 10.2. The van der Waals surface area contributed by atoms with Gasteiger partial charge < -0.3 is 9.88 Å². The standard InChI is InChI=1S/C22H18F5N5O2S/c1-11(30-17-9-29-31-19(33)18(17)22(25,26)27)6-13(23)10-32-4-2-12-7-15(20-28-3-5-35-20)16(24)8-14(12)21(32)34/h2-5,7-9,11,13H,6,10H2,1H3,(H2,30,31,33)/t11-,13-/m0/s1. The molecule has 0 spiro atoms. The van der Waals surface area contributed by atoms with E-state index in [-0.39, 0.29) is 17.4 Å². The monoisotopic (exact) mass is 511 g/mol. The van der Waals surface area contributed by atoms with Crippen LogP contribution in [0, 0.1) is 5.82 Å². The van der Waals surface area contributed by atoms with Crippen LogP contribution >= 0.6 is 11.3 Å². The SMILES string of the molecule is C[C@@H](C[C@H](F)Cn1ccc2cc(-c3nccs3)c(F)cc2c1=O)Nc1cn[nH]c(=O)c1C(F)(F)F. The fourth-order valence-electron chi connectivity index (χ4n) is 3.75. The molecule has 1 aromatic carbocycles. The quantitative estimate of drug-likeness (QED) is 0.354. The molecule has 0 aliphatic carbocycles. The Morgan fingerprint density at radius 1 is 1.26 bits per heavy atom. The molecule has 0 saturated carbocycles. The number of hydrogen-bond acceptors (Lipinski definition) is 6. The molecule has 184 valence electrons. The summed E-state index contributed by atoms with van der Waals surface area (Å²) in [6.45, 7) is 1.04. The van der Waals surface area contributed by atoms with Crippen molar-refractivity contribution < 1.29 is 22.0 Å². The Kier molecular flexibility index (Phi) is 6.70. The Balaban J connectivity index is 1.50. The van der Waals surface area contributed by atoms with Crippen LogP contribution in [0.2, 0.25) is 0 Å². The van der Waals surface area contributed by atoms with Gasteiger partial charge >= 0.3 is 6.18 Å². The maximum absolute atomic E-state index is 14.8. The first-order valence-electron chi connectivity index (χ1n) is 10.3. The van der Waals surface area contributed by atoms with E-state index in [0.717, 1.165) is 16.8 Å². The van der Waals surface area contributed by atoms with E-state index in [1.807, 2.05) is 0 Å². The van der Waals surface area contributed by atoms with E-state index in [2.05, 4.69) is 15.4 Å². The summed E-state index contributed by atoms with van der Waals surface area (Å²) in [4.78, 5) is 28.4. The third kappa shape index (κ3) is 5.24. The Hall–Kier alpha value is -3.61. The first-order chi connectivity index (χ1) is 16.5. The fraction of sp³-hybridized carbons (Fsp3) is 0.273. The minimum Gasteiger partial charge on any atom is -0.381 e. The van der Waals surface area contributed by atoms with Crippen LogP contribution in [0.5, 0.6) is 0 Å². The number of anilines is 1. The molecule has 13 heteroatoms. The van der Waals surface area contributed by atoms with E-state index >= 15 is 0 Å². The topological polar surface area (TPSA) is 92.7 Å². The van der Waals surface area contributed by atoms with Gasteiger partial charge in [0.2, 0.25) is 0 Å². The van der Waals surface area contributed by atoms with Crippen LogP contribution < -0.4 is 16.4 Å². The van der Waals surface area contributed by atoms with Gasteiger partial charge in [-0.3, -0.25) is 9.59 Å². The number of fused-ring (bicyclic) bond motifs is 1. The van der Waals surface area contributed by atoms with Gasteiger partial charge in [-0.25, -0.2) is 18.9 Å². The van der Waals surface area contributed by atoms with Gasteiger partial charge in [-0.15, -0.1) is 11.3 Å². The second kappa shape index (κ2) is 9.56. The van der Waals surface area contributed by atoms with Crippen molar-refractivity contribution >= 4 is 27.8 Å². The number of alkyl halides is 4. The molecule has 0 unspecified atom stereocenters. The largest absolute Gasteiger partial charge is 0.423 e. The number of pyridine rings is 1. The zero-order chi connectivity index (χ0) is 25.3. The van der Waals surface area contributed by atoms with Gasteiger partial charge in [0, 0.05) is 35.8 Å². The number of halogens is 5. The predicted molar refractivity (Wildman–Crippen MR) is 122 cm³/mol. The van der Waals surface area contributed by atoms with Gasteiger partial charge in [0.15, 0.2) is 0 Å². The summed E-state index contributed by atoms with van der Waals surface area (Å²) < 4.78 is 70.0. The summed E-state index contributed by atoms with van der Waals surface area (Å²) in [6, 6.07) is 3.31. The minimum absolute atomic E-state index is 0.0630. The average Bonchev–Trinajstić information content (AvgIpc) is 3.29. The van der Waals surface area contributed by atoms with E-state index in [1.165, 1.54) is 36.7 Å². The van der Waals surface area contributed by atoms with Crippen LogP contribution in [0.25, 0.3) is 21.3 Å². The summed E-state index contributed by atoms with van der Waals surface area (Å²) in [7, 11) is 0. The second-order valence-electron chi connectivity index (χ2n) is 7.89. The number of benzene rings is 1. The number of nitrogens with one attached hydrogen (secondary N) is 2. The van der Waals surface area contributed by atoms with E-state index in [4.69, 9.17) is 0 Å². The normalized spacial score (nSPS) is 13.7. The Morgan fingerprint density at radius 3 is 2.71 bits per heavy atom. The molecule has 0 fully saturated rings. The van der Waals surface area contributed by atoms with Gasteiger partial charge in [-0.1, -0.05) is 0 Å². The van der Waals surface area contributed by atoms with Gasteiger partial charge in [0.05, 0.1) is 23.8 Å². The van der Waals surface area contributed by atoms with Gasteiger partial charge in [0.25, 0.3) is 11.1 Å². The number of hydrogen-bond donors (Lipinski definition) is 2. The van der Waals surface area contributed by atoms with E-state index in [1.54, 1.807) is 16.5 Å². The first kappa shape index (κ1) is 24.5. The highest BCUT2D eigenvalue weighted by Gasteiger charge is 2.37. The molecule has 0 aliphatic rings. The van der Waals surface area contributed by atoms with Crippen LogP contribution in [0.15, 0.2) is 51.8 Å². The lowest BCUT2D eigenvalue weighted by atomic mass is 10.1. The second-order valence-corrected chi connectivity index (χ2v) is 8.79. The molecule has 2 atom stereocenters. The van der Waals surface area contributed by atoms with E-state index in [9.17, 15) is 31.5 Å². The molecule has 0 aliphatic heterocycles. The highest BCUT2D eigenvalue weighted by molar-refractivity contribution is 7.13. The Morgan fingerprint density at radius 2 is 2.03 bits per heavy atom. The van der Waals surface area contributed by atoms with Crippen molar-refractivity contribution in [3.63, 3.8) is 0 Å². The molecular weight excluding hydrogens is 493 g/mol. The number of thiazole rings is 1. The molecule has 3 heterocycles. The number of H-pyrrole nitrogens is 1. The van der Waals surface area contributed by atoms with Gasteiger partial charge in [0.1, 0.15) is 22.6 Å². The average molecular weight is 511 g/mol. The zero-order valence-electron chi connectivity index (χ0n) is 18.1. The van der Waals surface area contributed by atoms with Crippen LogP contribution in [-0.2, 0) is 12.7 Å². The van der Waals surface area contributed by atoms with Crippen LogP contribution in [0.1, 0.15) is 18.9 Å². The van der Waals surface area contributed by atoms with Crippen molar-refractivity contribution in [3.05, 3.63) is 74.3 Å². The number of aromatic amines is 1. The highest BCUT2D eigenvalue weighted by Crippen LogP contribution is 2.32. The smallest absolute Gasteiger partial charge is 0.381 e. The molecule has 0 saturated heterocycles. The third-order valence-electron chi connectivity index (χ3n) is 5.27. The molecule has 0 amide bonds. The predicted octanol–water partition coefficient (Wildman–Crippen LogP) is 4.60. The third-order valence-corrected chi connectivity index (χ3v) is 6.08. The molecule has 0 radical (unpaired) electrons. The summed E-state index contributed by atoms with van der Waals surface area (Å²) in [6.07, 6.45) is -3.11. The molecule has 4 rings (SSSR count). The number of nitrogens with zero attached hydrogens (tertiary/aromatic N) is 3. The minimum atomic E-state index is -4.93.